The molecule has 4 rings (SSSR count). The lowest BCUT2D eigenvalue weighted by atomic mass is 9.70. The topological polar surface area (TPSA) is 98.7 Å². The molecule has 0 aliphatic carbocycles. The maximum absolute atomic E-state index is 13.8. The lowest BCUT2D eigenvalue weighted by Crippen LogP contribution is -2.53. The van der Waals surface area contributed by atoms with E-state index in [-0.39, 0.29) is 34.4 Å². The number of aliphatic hydroxyl groups is 1. The van der Waals surface area contributed by atoms with E-state index in [1.807, 2.05) is 32.0 Å². The number of benzene rings is 1. The molecule has 3 fully saturated rings. The number of nitrogens with zero attached hydrogens (tertiary/aromatic N) is 1. The van der Waals surface area contributed by atoms with Gasteiger partial charge >= 0.3 is 0 Å². The second kappa shape index (κ2) is 8.99. The number of fused-ring (bicyclic) bond motifs is 1. The molecule has 32 heavy (non-hydrogen) atoms. The number of thioether (sulfide) groups is 1. The Morgan fingerprint density at radius 1 is 1.25 bits per heavy atom. The van der Waals surface area contributed by atoms with Crippen LogP contribution >= 0.6 is 27.7 Å². The number of hydrogen-bond donors (Lipinski definition) is 3. The van der Waals surface area contributed by atoms with Gasteiger partial charge in [-0.25, -0.2) is 0 Å². The molecule has 1 aromatic carbocycles. The summed E-state index contributed by atoms with van der Waals surface area (Å²) in [7, 11) is 1.60. The Morgan fingerprint density at radius 3 is 2.56 bits per heavy atom. The van der Waals surface area contributed by atoms with E-state index >= 15 is 0 Å². The standard InChI is InChI=1S/C23H30BrN3O4S/c1-12-7-6-8-13(2)17(12)26-21(30)19-23-11-14(24)18(32-23)15(20(29)25-3)16(23)22(31)27(19)9-4-5-10-28/h6-8,14-16,18-19,28H,4-5,9-11H2,1-3H3,(H,25,29)(H,26,30)/t14?,15-,16+,18-,19?,23?/m1/s1. The van der Waals surface area contributed by atoms with Gasteiger partial charge < -0.3 is 20.6 Å². The monoisotopic (exact) mass is 523 g/mol. The number of carbonyl (C=O) groups excluding carboxylic acids is 3. The van der Waals surface area contributed by atoms with E-state index in [9.17, 15) is 19.5 Å². The van der Waals surface area contributed by atoms with E-state index in [4.69, 9.17) is 0 Å². The van der Waals surface area contributed by atoms with Crippen LogP contribution in [0.3, 0.4) is 0 Å². The van der Waals surface area contributed by atoms with E-state index < -0.39 is 22.6 Å². The number of unbranched alkanes of at least 4 members (excludes halogenated alkanes) is 1. The van der Waals surface area contributed by atoms with Crippen LogP contribution in [0, 0.1) is 25.7 Å². The Morgan fingerprint density at radius 2 is 1.94 bits per heavy atom. The van der Waals surface area contributed by atoms with E-state index in [2.05, 4.69) is 26.6 Å². The fourth-order valence-corrected chi connectivity index (χ4v) is 9.35. The first kappa shape index (κ1) is 23.6. The summed E-state index contributed by atoms with van der Waals surface area (Å²) in [5.74, 6) is -1.44. The zero-order chi connectivity index (χ0) is 23.2. The molecule has 9 heteroatoms. The van der Waals surface area contributed by atoms with Crippen LogP contribution in [0.4, 0.5) is 5.69 Å². The van der Waals surface area contributed by atoms with E-state index in [1.165, 1.54) is 0 Å². The van der Waals surface area contributed by atoms with Crippen LogP contribution in [0.5, 0.6) is 0 Å². The quantitative estimate of drug-likeness (QED) is 0.376. The maximum atomic E-state index is 13.8. The fourth-order valence-electron chi connectivity index (χ4n) is 5.73. The minimum absolute atomic E-state index is 0.0387. The van der Waals surface area contributed by atoms with Crippen molar-refractivity contribution in [1.82, 2.24) is 10.2 Å². The van der Waals surface area contributed by atoms with Gasteiger partial charge in [-0.2, -0.15) is 0 Å². The number of carbonyl (C=O) groups is 3. The summed E-state index contributed by atoms with van der Waals surface area (Å²) in [6.07, 6.45) is 1.82. The SMILES string of the molecule is CNC(=O)[C@H]1[C@@H]2SC3(CC2Br)C(C(=O)Nc2c(C)cccc2C)N(CCCCO)C(=O)[C@H]13. The van der Waals surface area contributed by atoms with Crippen LogP contribution in [0.1, 0.15) is 30.4 Å². The molecule has 3 unspecified atom stereocenters. The highest BCUT2D eigenvalue weighted by molar-refractivity contribution is 9.09. The number of aliphatic hydroxyl groups excluding tert-OH is 1. The van der Waals surface area contributed by atoms with Gasteiger partial charge in [0.2, 0.25) is 17.7 Å². The number of rotatable bonds is 7. The molecule has 174 valence electrons. The van der Waals surface area contributed by atoms with Gasteiger partial charge in [-0.15, -0.1) is 11.8 Å². The molecule has 3 aliphatic heterocycles. The van der Waals surface area contributed by atoms with Gasteiger partial charge in [-0.05, 0) is 44.2 Å². The van der Waals surface area contributed by atoms with Crippen LogP contribution in [0.25, 0.3) is 0 Å². The molecule has 0 saturated carbocycles. The third-order valence-electron chi connectivity index (χ3n) is 7.12. The van der Waals surface area contributed by atoms with Crippen molar-refractivity contribution in [2.24, 2.45) is 11.8 Å². The fraction of sp³-hybridized carbons (Fsp3) is 0.609. The lowest BCUT2D eigenvalue weighted by molar-refractivity contribution is -0.139. The smallest absolute Gasteiger partial charge is 0.248 e. The largest absolute Gasteiger partial charge is 0.396 e. The van der Waals surface area contributed by atoms with Crippen molar-refractivity contribution in [3.8, 4) is 0 Å². The van der Waals surface area contributed by atoms with Crippen molar-refractivity contribution in [3.05, 3.63) is 29.3 Å². The summed E-state index contributed by atoms with van der Waals surface area (Å²) >= 11 is 5.37. The average Bonchev–Trinajstić information content (AvgIpc) is 3.34. The van der Waals surface area contributed by atoms with Crippen molar-refractivity contribution in [3.63, 3.8) is 0 Å². The van der Waals surface area contributed by atoms with Crippen molar-refractivity contribution in [2.45, 2.75) is 54.0 Å². The van der Waals surface area contributed by atoms with Gasteiger partial charge in [0.05, 0.1) is 16.6 Å². The first-order valence-corrected chi connectivity index (χ1v) is 12.9. The summed E-state index contributed by atoms with van der Waals surface area (Å²) in [6.45, 7) is 4.33. The molecule has 3 heterocycles. The molecule has 3 aliphatic rings. The highest BCUT2D eigenvalue weighted by Crippen LogP contribution is 2.67. The summed E-state index contributed by atoms with van der Waals surface area (Å²) in [5, 5.41) is 15.0. The Hall–Kier alpha value is -1.58. The van der Waals surface area contributed by atoms with Crippen molar-refractivity contribution >= 4 is 51.1 Å². The van der Waals surface area contributed by atoms with Crippen molar-refractivity contribution < 1.29 is 19.5 Å². The highest BCUT2D eigenvalue weighted by Gasteiger charge is 2.75. The predicted molar refractivity (Wildman–Crippen MR) is 129 cm³/mol. The minimum Gasteiger partial charge on any atom is -0.396 e. The molecule has 6 atom stereocenters. The van der Waals surface area contributed by atoms with Crippen molar-refractivity contribution in [2.75, 3.05) is 25.5 Å². The molecule has 3 N–H and O–H groups in total. The van der Waals surface area contributed by atoms with Gasteiger partial charge in [0.1, 0.15) is 6.04 Å². The second-order valence-corrected chi connectivity index (χ2v) is 11.7. The van der Waals surface area contributed by atoms with E-state index in [0.717, 1.165) is 16.8 Å². The van der Waals surface area contributed by atoms with E-state index in [0.29, 0.717) is 25.8 Å². The molecule has 7 nitrogen and oxygen atoms in total. The van der Waals surface area contributed by atoms with Crippen LogP contribution < -0.4 is 10.6 Å². The average molecular weight is 524 g/mol. The van der Waals surface area contributed by atoms with Gasteiger partial charge in [0, 0.05) is 36.0 Å². The first-order chi connectivity index (χ1) is 15.3. The first-order valence-electron chi connectivity index (χ1n) is 11.1. The summed E-state index contributed by atoms with van der Waals surface area (Å²) in [4.78, 5) is 42.0. The third kappa shape index (κ3) is 3.56. The molecular weight excluding hydrogens is 494 g/mol. The van der Waals surface area contributed by atoms with Crippen LogP contribution in [0.15, 0.2) is 18.2 Å². The number of amides is 3. The van der Waals surface area contributed by atoms with Crippen LogP contribution in [-0.4, -0.2) is 68.8 Å². The number of halogens is 1. The minimum atomic E-state index is -0.664. The van der Waals surface area contributed by atoms with Crippen molar-refractivity contribution in [1.29, 1.82) is 0 Å². The summed E-state index contributed by atoms with van der Waals surface area (Å²) in [6, 6.07) is 5.19. The second-order valence-electron chi connectivity index (χ2n) is 9.00. The van der Waals surface area contributed by atoms with Gasteiger partial charge in [-0.1, -0.05) is 34.1 Å². The number of para-hydroxylation sites is 1. The Balaban J connectivity index is 1.73. The molecule has 0 aromatic heterocycles. The van der Waals surface area contributed by atoms with E-state index in [1.54, 1.807) is 23.7 Å². The predicted octanol–water partition coefficient (Wildman–Crippen LogP) is 2.23. The van der Waals surface area contributed by atoms with Crippen LogP contribution in [-0.2, 0) is 14.4 Å². The number of likely N-dealkylation sites (tertiary alicyclic amines) is 1. The molecule has 0 radical (unpaired) electrons. The molecule has 1 aromatic rings. The lowest BCUT2D eigenvalue weighted by Gasteiger charge is -2.35. The summed E-state index contributed by atoms with van der Waals surface area (Å²) < 4.78 is -0.646. The van der Waals surface area contributed by atoms with Gasteiger partial charge in [-0.3, -0.25) is 14.4 Å². The molecule has 2 bridgehead atoms. The molecule has 3 saturated heterocycles. The zero-order valence-electron chi connectivity index (χ0n) is 18.6. The number of alkyl halides is 1. The molecule has 1 spiro atoms. The number of anilines is 1. The summed E-state index contributed by atoms with van der Waals surface area (Å²) in [5.41, 5.74) is 2.71. The van der Waals surface area contributed by atoms with Gasteiger partial charge in [0.25, 0.3) is 0 Å². The highest BCUT2D eigenvalue weighted by atomic mass is 79.9. The zero-order valence-corrected chi connectivity index (χ0v) is 21.0. The van der Waals surface area contributed by atoms with Crippen LogP contribution in [0.2, 0.25) is 0 Å². The Labute approximate surface area is 201 Å². The normalized spacial score (nSPS) is 32.8. The third-order valence-corrected chi connectivity index (χ3v) is 10.3. The Kier molecular flexibility index (Phi) is 6.62. The maximum Gasteiger partial charge on any atom is 0.248 e. The molecule has 3 amide bonds. The molecular formula is C23H30BrN3O4S. The Bertz CT molecular complexity index is 924. The number of aryl methyl sites for hydroxylation is 2. The number of hydrogen-bond acceptors (Lipinski definition) is 5. The van der Waals surface area contributed by atoms with Gasteiger partial charge in [0.15, 0.2) is 0 Å². The number of nitrogens with one attached hydrogen (secondary N) is 2.